The fourth-order valence-corrected chi connectivity index (χ4v) is 3.21. The predicted molar refractivity (Wildman–Crippen MR) is 85.5 cm³/mol. The zero-order chi connectivity index (χ0) is 15.4. The lowest BCUT2D eigenvalue weighted by Crippen LogP contribution is -2.18. The molecule has 2 aromatic rings. The highest BCUT2D eigenvalue weighted by Crippen LogP contribution is 2.21. The Morgan fingerprint density at radius 1 is 1.43 bits per heavy atom. The number of aliphatic hydroxyl groups excluding tert-OH is 1. The average Bonchev–Trinajstić information content (AvgIpc) is 3.04. The summed E-state index contributed by atoms with van der Waals surface area (Å²) < 4.78 is 1.87. The van der Waals surface area contributed by atoms with Gasteiger partial charge in [0.05, 0.1) is 24.9 Å². The van der Waals surface area contributed by atoms with E-state index in [9.17, 15) is 0 Å². The molecule has 1 atom stereocenters. The topological polar surface area (TPSA) is 63.0 Å². The van der Waals surface area contributed by atoms with E-state index in [1.165, 1.54) is 10.4 Å². The van der Waals surface area contributed by atoms with E-state index >= 15 is 0 Å². The molecule has 0 spiro atoms. The van der Waals surface area contributed by atoms with Gasteiger partial charge in [-0.2, -0.15) is 5.10 Å². The smallest absolute Gasteiger partial charge is 0.109 e. The highest BCUT2D eigenvalue weighted by atomic mass is 32.1. The van der Waals surface area contributed by atoms with Crippen molar-refractivity contribution in [1.82, 2.24) is 20.1 Å². The van der Waals surface area contributed by atoms with Gasteiger partial charge in [-0.1, -0.05) is 6.92 Å². The molecule has 0 saturated carbocycles. The third-order valence-electron chi connectivity index (χ3n) is 3.72. The van der Waals surface area contributed by atoms with Gasteiger partial charge in [-0.3, -0.25) is 4.68 Å². The van der Waals surface area contributed by atoms with Crippen molar-refractivity contribution in [3.05, 3.63) is 33.0 Å². The van der Waals surface area contributed by atoms with Crippen molar-refractivity contribution in [3.63, 3.8) is 0 Å². The van der Waals surface area contributed by atoms with Gasteiger partial charge < -0.3 is 10.4 Å². The molecule has 0 radical (unpaired) electrons. The summed E-state index contributed by atoms with van der Waals surface area (Å²) in [7, 11) is 0. The van der Waals surface area contributed by atoms with Crippen LogP contribution in [0.3, 0.4) is 0 Å². The summed E-state index contributed by atoms with van der Waals surface area (Å²) >= 11 is 1.77. The highest BCUT2D eigenvalue weighted by molar-refractivity contribution is 7.11. The van der Waals surface area contributed by atoms with Crippen LogP contribution in [0, 0.1) is 13.8 Å². The Bertz CT molecular complexity index is 591. The third kappa shape index (κ3) is 3.70. The Morgan fingerprint density at radius 3 is 2.81 bits per heavy atom. The maximum atomic E-state index is 9.05. The lowest BCUT2D eigenvalue weighted by atomic mass is 10.2. The maximum Gasteiger partial charge on any atom is 0.109 e. The Hall–Kier alpha value is -1.24. The molecule has 0 aliphatic heterocycles. The van der Waals surface area contributed by atoms with E-state index in [1.54, 1.807) is 11.3 Å². The molecular formula is C15H24N4OS. The molecule has 21 heavy (non-hydrogen) atoms. The minimum atomic E-state index is 0.115. The number of hydrogen-bond acceptors (Lipinski definition) is 5. The zero-order valence-electron chi connectivity index (χ0n) is 13.2. The Morgan fingerprint density at radius 2 is 2.19 bits per heavy atom. The monoisotopic (exact) mass is 308 g/mol. The van der Waals surface area contributed by atoms with E-state index in [0.717, 1.165) is 29.4 Å². The summed E-state index contributed by atoms with van der Waals surface area (Å²) in [6.45, 7) is 9.79. The molecular weight excluding hydrogens is 284 g/mol. The van der Waals surface area contributed by atoms with Gasteiger partial charge in [0, 0.05) is 28.9 Å². The first-order valence-electron chi connectivity index (χ1n) is 7.38. The average molecular weight is 308 g/mol. The van der Waals surface area contributed by atoms with Crippen molar-refractivity contribution < 1.29 is 5.11 Å². The van der Waals surface area contributed by atoms with Crippen LogP contribution in [-0.4, -0.2) is 26.5 Å². The van der Waals surface area contributed by atoms with Crippen molar-refractivity contribution in [2.45, 2.75) is 53.2 Å². The fourth-order valence-electron chi connectivity index (χ4n) is 2.33. The van der Waals surface area contributed by atoms with E-state index in [-0.39, 0.29) is 12.6 Å². The minimum absolute atomic E-state index is 0.115. The van der Waals surface area contributed by atoms with E-state index in [2.05, 4.69) is 36.2 Å². The van der Waals surface area contributed by atoms with Crippen molar-refractivity contribution in [2.24, 2.45) is 0 Å². The van der Waals surface area contributed by atoms with Gasteiger partial charge in [-0.25, -0.2) is 4.98 Å². The first kappa shape index (κ1) is 16.1. The second-order valence-electron chi connectivity index (χ2n) is 5.22. The summed E-state index contributed by atoms with van der Waals surface area (Å²) in [5, 5.41) is 18.2. The Balaban J connectivity index is 2.02. The second kappa shape index (κ2) is 7.15. The summed E-state index contributed by atoms with van der Waals surface area (Å²) in [5.41, 5.74) is 3.35. The summed E-state index contributed by atoms with van der Waals surface area (Å²) in [6.07, 6.45) is 3.00. The number of hydrogen-bond donors (Lipinski definition) is 2. The molecule has 2 rings (SSSR count). The molecule has 6 heteroatoms. The van der Waals surface area contributed by atoms with Gasteiger partial charge >= 0.3 is 0 Å². The molecule has 2 heterocycles. The SMILES string of the molecule is CCc1cnc(C(C)NCc2c(C)nn(CCO)c2C)s1. The molecule has 0 fully saturated rings. The fraction of sp³-hybridized carbons (Fsp3) is 0.600. The Labute approximate surface area is 130 Å². The number of aromatic nitrogens is 3. The third-order valence-corrected chi connectivity index (χ3v) is 5.04. The molecule has 5 nitrogen and oxygen atoms in total. The van der Waals surface area contributed by atoms with Crippen LogP contribution in [0.2, 0.25) is 0 Å². The predicted octanol–water partition coefficient (Wildman–Crippen LogP) is 2.36. The normalized spacial score (nSPS) is 12.8. The molecule has 0 saturated heterocycles. The number of aryl methyl sites for hydroxylation is 2. The highest BCUT2D eigenvalue weighted by Gasteiger charge is 2.14. The number of rotatable bonds is 7. The number of thiazole rings is 1. The lowest BCUT2D eigenvalue weighted by Gasteiger charge is -2.11. The summed E-state index contributed by atoms with van der Waals surface area (Å²) in [6, 6.07) is 0.232. The molecule has 0 aliphatic carbocycles. The standard InChI is InChI=1S/C15H24N4OS/c1-5-13-8-17-15(21-13)11(3)16-9-14-10(2)18-19(6-7-20)12(14)4/h8,11,16,20H,5-7,9H2,1-4H3. The van der Waals surface area contributed by atoms with Crippen LogP contribution < -0.4 is 5.32 Å². The molecule has 2 aromatic heterocycles. The zero-order valence-corrected chi connectivity index (χ0v) is 14.0. The lowest BCUT2D eigenvalue weighted by molar-refractivity contribution is 0.267. The molecule has 116 valence electrons. The number of nitrogens with one attached hydrogen (secondary N) is 1. The van der Waals surface area contributed by atoms with Gasteiger partial charge in [0.15, 0.2) is 0 Å². The molecule has 2 N–H and O–H groups in total. The second-order valence-corrected chi connectivity index (χ2v) is 6.36. The van der Waals surface area contributed by atoms with Crippen LogP contribution in [0.5, 0.6) is 0 Å². The number of aliphatic hydroxyl groups is 1. The van der Waals surface area contributed by atoms with Gasteiger partial charge in [0.1, 0.15) is 5.01 Å². The first-order valence-corrected chi connectivity index (χ1v) is 8.20. The summed E-state index contributed by atoms with van der Waals surface area (Å²) in [4.78, 5) is 5.80. The van der Waals surface area contributed by atoms with Crippen LogP contribution in [0.4, 0.5) is 0 Å². The molecule has 0 aromatic carbocycles. The van der Waals surface area contributed by atoms with Crippen LogP contribution in [0.15, 0.2) is 6.20 Å². The van der Waals surface area contributed by atoms with Crippen molar-refractivity contribution >= 4 is 11.3 Å². The van der Waals surface area contributed by atoms with Gasteiger partial charge in [-0.15, -0.1) is 11.3 Å². The largest absolute Gasteiger partial charge is 0.394 e. The van der Waals surface area contributed by atoms with E-state index in [1.807, 2.05) is 17.8 Å². The van der Waals surface area contributed by atoms with E-state index in [4.69, 9.17) is 5.11 Å². The van der Waals surface area contributed by atoms with Crippen LogP contribution in [0.25, 0.3) is 0 Å². The molecule has 0 bridgehead atoms. The van der Waals surface area contributed by atoms with Gasteiger partial charge in [-0.05, 0) is 27.2 Å². The maximum absolute atomic E-state index is 9.05. The van der Waals surface area contributed by atoms with Crippen LogP contribution in [0.1, 0.15) is 46.7 Å². The molecule has 1 unspecified atom stereocenters. The van der Waals surface area contributed by atoms with Gasteiger partial charge in [0.25, 0.3) is 0 Å². The van der Waals surface area contributed by atoms with Crippen molar-refractivity contribution in [1.29, 1.82) is 0 Å². The first-order chi connectivity index (χ1) is 10.1. The van der Waals surface area contributed by atoms with Crippen molar-refractivity contribution in [3.8, 4) is 0 Å². The Kier molecular flexibility index (Phi) is 5.50. The van der Waals surface area contributed by atoms with Crippen LogP contribution in [-0.2, 0) is 19.5 Å². The quantitative estimate of drug-likeness (QED) is 0.824. The van der Waals surface area contributed by atoms with Crippen molar-refractivity contribution in [2.75, 3.05) is 6.61 Å². The van der Waals surface area contributed by atoms with E-state index < -0.39 is 0 Å². The molecule has 0 aliphatic rings. The minimum Gasteiger partial charge on any atom is -0.394 e. The van der Waals surface area contributed by atoms with E-state index in [0.29, 0.717) is 6.54 Å². The summed E-state index contributed by atoms with van der Waals surface area (Å²) in [5.74, 6) is 0. The number of nitrogens with zero attached hydrogens (tertiary/aromatic N) is 3. The molecule has 0 amide bonds. The van der Waals surface area contributed by atoms with Gasteiger partial charge in [0.2, 0.25) is 0 Å². The van der Waals surface area contributed by atoms with Crippen LogP contribution >= 0.6 is 11.3 Å².